The molecule has 1 N–H and O–H groups in total. The SMILES string of the molecule is COC(=O)c1ccccc1NC(=O)Cn1c(=O)c(C(F)(F)F)nc2cc(C)c(C)cc21. The molecule has 0 fully saturated rings. The van der Waals surface area contributed by atoms with Gasteiger partial charge in [-0.1, -0.05) is 12.1 Å². The fourth-order valence-electron chi connectivity index (χ4n) is 3.05. The van der Waals surface area contributed by atoms with Gasteiger partial charge >= 0.3 is 12.1 Å². The van der Waals surface area contributed by atoms with Crippen molar-refractivity contribution in [2.24, 2.45) is 0 Å². The third-order valence-corrected chi connectivity index (χ3v) is 4.74. The second kappa shape index (κ2) is 8.21. The van der Waals surface area contributed by atoms with Crippen LogP contribution in [0.5, 0.6) is 0 Å². The van der Waals surface area contributed by atoms with E-state index in [1.165, 1.54) is 31.4 Å². The minimum absolute atomic E-state index is 0.0576. The van der Waals surface area contributed by atoms with Crippen molar-refractivity contribution < 1.29 is 27.5 Å². The first-order chi connectivity index (χ1) is 14.5. The number of para-hydroxylation sites is 1. The summed E-state index contributed by atoms with van der Waals surface area (Å²) in [7, 11) is 1.17. The monoisotopic (exact) mass is 433 g/mol. The molecular formula is C21H18F3N3O4. The highest BCUT2D eigenvalue weighted by molar-refractivity contribution is 6.01. The average Bonchev–Trinajstić information content (AvgIpc) is 2.70. The van der Waals surface area contributed by atoms with Crippen molar-refractivity contribution in [2.75, 3.05) is 12.4 Å². The van der Waals surface area contributed by atoms with Gasteiger partial charge in [0.1, 0.15) is 6.54 Å². The minimum atomic E-state index is -4.99. The lowest BCUT2D eigenvalue weighted by molar-refractivity contribution is -0.142. The van der Waals surface area contributed by atoms with Crippen molar-refractivity contribution in [3.63, 3.8) is 0 Å². The molecule has 0 aliphatic heterocycles. The lowest BCUT2D eigenvalue weighted by Crippen LogP contribution is -2.34. The van der Waals surface area contributed by atoms with E-state index in [1.54, 1.807) is 26.0 Å². The number of fused-ring (bicyclic) bond motifs is 1. The Kier molecular flexibility index (Phi) is 5.83. The number of rotatable bonds is 4. The molecule has 0 unspecified atom stereocenters. The van der Waals surface area contributed by atoms with Crippen LogP contribution in [-0.4, -0.2) is 28.5 Å². The number of carbonyl (C=O) groups is 2. The molecule has 7 nitrogen and oxygen atoms in total. The van der Waals surface area contributed by atoms with Gasteiger partial charge in [-0.3, -0.25) is 14.2 Å². The number of nitrogens with one attached hydrogen (secondary N) is 1. The molecule has 0 aliphatic carbocycles. The van der Waals surface area contributed by atoms with E-state index >= 15 is 0 Å². The van der Waals surface area contributed by atoms with Crippen molar-refractivity contribution in [3.05, 3.63) is 69.1 Å². The number of anilines is 1. The summed E-state index contributed by atoms with van der Waals surface area (Å²) in [6, 6.07) is 8.91. The zero-order chi connectivity index (χ0) is 22.9. The van der Waals surface area contributed by atoms with Crippen LogP contribution in [0.1, 0.15) is 27.2 Å². The zero-order valence-electron chi connectivity index (χ0n) is 16.8. The molecule has 0 bridgehead atoms. The predicted molar refractivity (Wildman–Crippen MR) is 107 cm³/mol. The van der Waals surface area contributed by atoms with Gasteiger partial charge in [0, 0.05) is 0 Å². The number of hydrogen-bond donors (Lipinski definition) is 1. The van der Waals surface area contributed by atoms with Crippen molar-refractivity contribution in [2.45, 2.75) is 26.6 Å². The van der Waals surface area contributed by atoms with Gasteiger partial charge in [0.25, 0.3) is 5.56 Å². The molecule has 1 heterocycles. The van der Waals surface area contributed by atoms with Crippen molar-refractivity contribution in [3.8, 4) is 0 Å². The zero-order valence-corrected chi connectivity index (χ0v) is 16.8. The second-order valence-electron chi connectivity index (χ2n) is 6.86. The first kappa shape index (κ1) is 22.0. The summed E-state index contributed by atoms with van der Waals surface area (Å²) in [4.78, 5) is 40.6. The van der Waals surface area contributed by atoms with Crippen LogP contribution in [0.15, 0.2) is 41.2 Å². The number of ether oxygens (including phenoxy) is 1. The summed E-state index contributed by atoms with van der Waals surface area (Å²) in [6.45, 7) is 2.72. The molecule has 3 aromatic rings. The van der Waals surface area contributed by atoms with Crippen LogP contribution in [0, 0.1) is 13.8 Å². The van der Waals surface area contributed by atoms with Crippen LogP contribution in [0.4, 0.5) is 18.9 Å². The molecule has 1 aromatic heterocycles. The maximum absolute atomic E-state index is 13.4. The number of esters is 1. The number of halogens is 3. The topological polar surface area (TPSA) is 90.3 Å². The molecule has 2 aromatic carbocycles. The van der Waals surface area contributed by atoms with E-state index < -0.39 is 35.9 Å². The van der Waals surface area contributed by atoms with Crippen molar-refractivity contribution in [1.29, 1.82) is 0 Å². The highest BCUT2D eigenvalue weighted by Gasteiger charge is 2.37. The van der Waals surface area contributed by atoms with E-state index in [1.807, 2.05) is 0 Å². The Hall–Kier alpha value is -3.69. The first-order valence-corrected chi connectivity index (χ1v) is 9.09. The summed E-state index contributed by atoms with van der Waals surface area (Å²) >= 11 is 0. The maximum Gasteiger partial charge on any atom is 0.438 e. The van der Waals surface area contributed by atoms with Gasteiger partial charge in [0.2, 0.25) is 11.6 Å². The van der Waals surface area contributed by atoms with Gasteiger partial charge in [-0.25, -0.2) is 9.78 Å². The van der Waals surface area contributed by atoms with Crippen LogP contribution >= 0.6 is 0 Å². The van der Waals surface area contributed by atoms with E-state index in [2.05, 4.69) is 15.0 Å². The number of hydrogen-bond acceptors (Lipinski definition) is 5. The molecule has 1 amide bonds. The van der Waals surface area contributed by atoms with Crippen molar-refractivity contribution in [1.82, 2.24) is 9.55 Å². The van der Waals surface area contributed by atoms with E-state index in [0.717, 1.165) is 10.1 Å². The van der Waals surface area contributed by atoms with E-state index in [9.17, 15) is 27.6 Å². The Labute approximate surface area is 174 Å². The molecule has 0 radical (unpaired) electrons. The number of nitrogens with zero attached hydrogens (tertiary/aromatic N) is 2. The van der Waals surface area contributed by atoms with Gasteiger partial charge in [-0.15, -0.1) is 0 Å². The minimum Gasteiger partial charge on any atom is -0.465 e. The van der Waals surface area contributed by atoms with Crippen LogP contribution in [0.3, 0.4) is 0 Å². The fourth-order valence-corrected chi connectivity index (χ4v) is 3.05. The second-order valence-corrected chi connectivity index (χ2v) is 6.86. The Morgan fingerprint density at radius 2 is 1.77 bits per heavy atom. The number of methoxy groups -OCH3 is 1. The van der Waals surface area contributed by atoms with Gasteiger partial charge in [0.05, 0.1) is 29.4 Å². The molecule has 162 valence electrons. The molecule has 0 aliphatic rings. The van der Waals surface area contributed by atoms with Gasteiger partial charge in [0.15, 0.2) is 0 Å². The number of aryl methyl sites for hydroxylation is 2. The highest BCUT2D eigenvalue weighted by atomic mass is 19.4. The molecule has 10 heteroatoms. The standard InChI is InChI=1S/C21H18F3N3O4/c1-11-8-15-16(9-12(11)2)27(19(29)18(26-15)21(22,23)24)10-17(28)25-14-7-5-4-6-13(14)20(30)31-3/h4-9H,10H2,1-3H3,(H,25,28). The predicted octanol–water partition coefficient (Wildman–Crippen LogP) is 3.46. The average molecular weight is 433 g/mol. The van der Waals surface area contributed by atoms with Gasteiger partial charge in [-0.2, -0.15) is 13.2 Å². The number of amides is 1. The number of alkyl halides is 3. The Morgan fingerprint density at radius 1 is 1.13 bits per heavy atom. The number of aromatic nitrogens is 2. The molecule has 31 heavy (non-hydrogen) atoms. The lowest BCUT2D eigenvalue weighted by atomic mass is 10.1. The molecule has 0 saturated heterocycles. The summed E-state index contributed by atoms with van der Waals surface area (Å²) in [5.74, 6) is -1.50. The highest BCUT2D eigenvalue weighted by Crippen LogP contribution is 2.27. The molecule has 3 rings (SSSR count). The lowest BCUT2D eigenvalue weighted by Gasteiger charge is -2.15. The van der Waals surface area contributed by atoms with Crippen molar-refractivity contribution >= 4 is 28.6 Å². The van der Waals surface area contributed by atoms with Crippen LogP contribution in [-0.2, 0) is 22.3 Å². The normalized spacial score (nSPS) is 11.4. The Morgan fingerprint density at radius 3 is 2.42 bits per heavy atom. The molecule has 0 spiro atoms. The van der Waals surface area contributed by atoms with Gasteiger partial charge < -0.3 is 10.1 Å². The van der Waals surface area contributed by atoms with E-state index in [4.69, 9.17) is 0 Å². The van der Waals surface area contributed by atoms with E-state index in [0.29, 0.717) is 5.56 Å². The Bertz CT molecular complexity index is 1250. The van der Waals surface area contributed by atoms with Crippen LogP contribution in [0.2, 0.25) is 0 Å². The van der Waals surface area contributed by atoms with E-state index in [-0.39, 0.29) is 22.3 Å². The third kappa shape index (κ3) is 4.42. The first-order valence-electron chi connectivity index (χ1n) is 9.09. The van der Waals surface area contributed by atoms with Gasteiger partial charge in [-0.05, 0) is 49.2 Å². The summed E-state index contributed by atoms with van der Waals surface area (Å²) in [5, 5.41) is 2.45. The summed E-state index contributed by atoms with van der Waals surface area (Å²) < 4.78 is 45.5. The smallest absolute Gasteiger partial charge is 0.438 e. The number of carbonyl (C=O) groups excluding carboxylic acids is 2. The number of benzene rings is 2. The fraction of sp³-hybridized carbons (Fsp3) is 0.238. The van der Waals surface area contributed by atoms with Crippen LogP contribution < -0.4 is 10.9 Å². The molecule has 0 atom stereocenters. The molecular weight excluding hydrogens is 415 g/mol. The van der Waals surface area contributed by atoms with Crippen LogP contribution in [0.25, 0.3) is 11.0 Å². The third-order valence-electron chi connectivity index (χ3n) is 4.74. The summed E-state index contributed by atoms with van der Waals surface area (Å²) in [6.07, 6.45) is -4.99. The maximum atomic E-state index is 13.4. The largest absolute Gasteiger partial charge is 0.465 e. The molecule has 0 saturated carbocycles. The summed E-state index contributed by atoms with van der Waals surface area (Å²) in [5.41, 5.74) is -1.42. The Balaban J connectivity index is 2.08. The quantitative estimate of drug-likeness (QED) is 0.637.